The molecule has 1 atom stereocenters. The molecule has 0 bridgehead atoms. The van der Waals surface area contributed by atoms with E-state index < -0.39 is 0 Å². The standard InChI is InChI=1S/C15H20N2OS/c1-2-12-5-6-13(18-12)15(14-4-3-11-19-14)17-9-7-16-8-10-17/h3-6,11,15-16H,2,7-10H2,1H3/t15-/m0/s1. The van der Waals surface area contributed by atoms with Crippen molar-refractivity contribution < 1.29 is 4.42 Å². The summed E-state index contributed by atoms with van der Waals surface area (Å²) in [5.74, 6) is 2.16. The first-order valence-corrected chi connectivity index (χ1v) is 7.83. The van der Waals surface area contributed by atoms with Crippen LogP contribution in [-0.2, 0) is 6.42 Å². The van der Waals surface area contributed by atoms with Gasteiger partial charge < -0.3 is 9.73 Å². The number of furan rings is 1. The van der Waals surface area contributed by atoms with Crippen molar-refractivity contribution in [2.45, 2.75) is 19.4 Å². The van der Waals surface area contributed by atoms with E-state index in [1.54, 1.807) is 0 Å². The molecule has 2 aromatic rings. The topological polar surface area (TPSA) is 28.4 Å². The molecule has 1 aliphatic heterocycles. The van der Waals surface area contributed by atoms with Crippen LogP contribution in [0.5, 0.6) is 0 Å². The number of nitrogens with zero attached hydrogens (tertiary/aromatic N) is 1. The molecule has 0 radical (unpaired) electrons. The summed E-state index contributed by atoms with van der Waals surface area (Å²) >= 11 is 1.81. The van der Waals surface area contributed by atoms with Crippen molar-refractivity contribution in [3.05, 3.63) is 46.0 Å². The Balaban J connectivity index is 1.91. The number of hydrogen-bond donors (Lipinski definition) is 1. The van der Waals surface area contributed by atoms with E-state index in [1.807, 2.05) is 11.3 Å². The molecule has 1 fully saturated rings. The second-order valence-corrected chi connectivity index (χ2v) is 5.84. The number of rotatable bonds is 4. The van der Waals surface area contributed by atoms with Gasteiger partial charge in [0.15, 0.2) is 0 Å². The van der Waals surface area contributed by atoms with Crippen LogP contribution in [0.25, 0.3) is 0 Å². The molecule has 1 aliphatic rings. The smallest absolute Gasteiger partial charge is 0.126 e. The highest BCUT2D eigenvalue weighted by Crippen LogP contribution is 2.33. The lowest BCUT2D eigenvalue weighted by Gasteiger charge is -2.33. The molecule has 3 heterocycles. The maximum Gasteiger partial charge on any atom is 0.126 e. The van der Waals surface area contributed by atoms with Gasteiger partial charge in [0.1, 0.15) is 17.6 Å². The van der Waals surface area contributed by atoms with Crippen molar-refractivity contribution in [3.8, 4) is 0 Å². The van der Waals surface area contributed by atoms with E-state index in [0.29, 0.717) is 0 Å². The lowest BCUT2D eigenvalue weighted by Crippen LogP contribution is -2.45. The molecule has 102 valence electrons. The van der Waals surface area contributed by atoms with Crippen LogP contribution in [0.4, 0.5) is 0 Å². The Bertz CT molecular complexity index is 500. The Kier molecular flexibility index (Phi) is 4.01. The summed E-state index contributed by atoms with van der Waals surface area (Å²) in [4.78, 5) is 3.89. The molecular weight excluding hydrogens is 256 g/mol. The molecule has 0 spiro atoms. The number of thiophene rings is 1. The van der Waals surface area contributed by atoms with Crippen molar-refractivity contribution >= 4 is 11.3 Å². The van der Waals surface area contributed by atoms with E-state index in [-0.39, 0.29) is 6.04 Å². The molecule has 0 aromatic carbocycles. The van der Waals surface area contributed by atoms with Crippen LogP contribution in [0.3, 0.4) is 0 Å². The molecule has 3 nitrogen and oxygen atoms in total. The van der Waals surface area contributed by atoms with Crippen LogP contribution in [-0.4, -0.2) is 31.1 Å². The first-order valence-electron chi connectivity index (χ1n) is 6.95. The first-order chi connectivity index (χ1) is 9.38. The molecule has 1 N–H and O–H groups in total. The third-order valence-corrected chi connectivity index (χ3v) is 4.55. The van der Waals surface area contributed by atoms with Gasteiger partial charge in [0.25, 0.3) is 0 Å². The van der Waals surface area contributed by atoms with Gasteiger partial charge in [-0.3, -0.25) is 4.90 Å². The molecule has 0 aliphatic carbocycles. The summed E-state index contributed by atoms with van der Waals surface area (Å²) in [5, 5.41) is 5.56. The van der Waals surface area contributed by atoms with Gasteiger partial charge >= 0.3 is 0 Å². The summed E-state index contributed by atoms with van der Waals surface area (Å²) in [5.41, 5.74) is 0. The van der Waals surface area contributed by atoms with Gasteiger partial charge in [-0.2, -0.15) is 0 Å². The van der Waals surface area contributed by atoms with E-state index in [1.165, 1.54) is 4.88 Å². The monoisotopic (exact) mass is 276 g/mol. The average Bonchev–Trinajstić information content (AvgIpc) is 3.12. The Labute approximate surface area is 118 Å². The predicted molar refractivity (Wildman–Crippen MR) is 78.7 cm³/mol. The van der Waals surface area contributed by atoms with Crippen LogP contribution >= 0.6 is 11.3 Å². The van der Waals surface area contributed by atoms with E-state index in [2.05, 4.69) is 46.8 Å². The highest BCUT2D eigenvalue weighted by molar-refractivity contribution is 7.10. The minimum Gasteiger partial charge on any atom is -0.464 e. The van der Waals surface area contributed by atoms with Crippen molar-refractivity contribution in [3.63, 3.8) is 0 Å². The summed E-state index contributed by atoms with van der Waals surface area (Å²) < 4.78 is 6.02. The van der Waals surface area contributed by atoms with Gasteiger partial charge in [-0.1, -0.05) is 13.0 Å². The fraction of sp³-hybridized carbons (Fsp3) is 0.467. The fourth-order valence-electron chi connectivity index (χ4n) is 2.62. The summed E-state index contributed by atoms with van der Waals surface area (Å²) in [6.07, 6.45) is 0.957. The molecule has 4 heteroatoms. The van der Waals surface area contributed by atoms with Crippen molar-refractivity contribution in [1.29, 1.82) is 0 Å². The van der Waals surface area contributed by atoms with Crippen molar-refractivity contribution in [2.75, 3.05) is 26.2 Å². The molecule has 1 saturated heterocycles. The Morgan fingerprint density at radius 3 is 2.79 bits per heavy atom. The van der Waals surface area contributed by atoms with Crippen LogP contribution in [0.2, 0.25) is 0 Å². The van der Waals surface area contributed by atoms with Gasteiger partial charge in [0.05, 0.1) is 0 Å². The fourth-order valence-corrected chi connectivity index (χ4v) is 3.48. The van der Waals surface area contributed by atoms with Crippen LogP contribution in [0.15, 0.2) is 34.1 Å². The molecule has 0 saturated carbocycles. The number of hydrogen-bond acceptors (Lipinski definition) is 4. The maximum atomic E-state index is 6.02. The second kappa shape index (κ2) is 5.90. The van der Waals surface area contributed by atoms with Crippen molar-refractivity contribution in [1.82, 2.24) is 10.2 Å². The van der Waals surface area contributed by atoms with Crippen LogP contribution in [0.1, 0.15) is 29.4 Å². The third kappa shape index (κ3) is 2.76. The molecule has 2 aromatic heterocycles. The lowest BCUT2D eigenvalue weighted by molar-refractivity contribution is 0.181. The summed E-state index contributed by atoms with van der Waals surface area (Å²) in [6, 6.07) is 8.87. The van der Waals surface area contributed by atoms with Crippen molar-refractivity contribution in [2.24, 2.45) is 0 Å². The van der Waals surface area contributed by atoms with E-state index in [9.17, 15) is 0 Å². The van der Waals surface area contributed by atoms with Gasteiger partial charge in [-0.15, -0.1) is 11.3 Å². The summed E-state index contributed by atoms with van der Waals surface area (Å²) in [6.45, 7) is 6.40. The zero-order chi connectivity index (χ0) is 13.1. The van der Waals surface area contributed by atoms with E-state index in [4.69, 9.17) is 4.42 Å². The number of nitrogens with one attached hydrogen (secondary N) is 1. The number of piperazine rings is 1. The number of aryl methyl sites for hydroxylation is 1. The molecule has 0 unspecified atom stereocenters. The minimum absolute atomic E-state index is 0.280. The van der Waals surface area contributed by atoms with Gasteiger partial charge in [-0.25, -0.2) is 0 Å². The zero-order valence-electron chi connectivity index (χ0n) is 11.3. The first kappa shape index (κ1) is 12.9. The molecular formula is C15H20N2OS. The Morgan fingerprint density at radius 2 is 2.16 bits per heavy atom. The SMILES string of the molecule is CCc1ccc([C@@H](c2cccs2)N2CCNCC2)o1. The molecule has 0 amide bonds. The lowest BCUT2D eigenvalue weighted by atomic mass is 10.1. The third-order valence-electron chi connectivity index (χ3n) is 3.63. The highest BCUT2D eigenvalue weighted by atomic mass is 32.1. The quantitative estimate of drug-likeness (QED) is 0.931. The second-order valence-electron chi connectivity index (χ2n) is 4.86. The molecule has 3 rings (SSSR count). The van der Waals surface area contributed by atoms with Gasteiger partial charge in [0.2, 0.25) is 0 Å². The largest absolute Gasteiger partial charge is 0.464 e. The Morgan fingerprint density at radius 1 is 1.32 bits per heavy atom. The normalized spacial score (nSPS) is 18.6. The van der Waals surface area contributed by atoms with Crippen LogP contribution < -0.4 is 5.32 Å². The molecule has 19 heavy (non-hydrogen) atoms. The highest BCUT2D eigenvalue weighted by Gasteiger charge is 2.27. The maximum absolute atomic E-state index is 6.02. The van der Waals surface area contributed by atoms with Gasteiger partial charge in [-0.05, 0) is 23.6 Å². The van der Waals surface area contributed by atoms with Gasteiger partial charge in [0, 0.05) is 37.5 Å². The minimum atomic E-state index is 0.280. The van der Waals surface area contributed by atoms with Crippen LogP contribution in [0, 0.1) is 0 Å². The average molecular weight is 276 g/mol. The Hall–Kier alpha value is -1.10. The van der Waals surface area contributed by atoms with E-state index >= 15 is 0 Å². The predicted octanol–water partition coefficient (Wildman–Crippen LogP) is 2.90. The zero-order valence-corrected chi connectivity index (χ0v) is 12.1. The van der Waals surface area contributed by atoms with E-state index in [0.717, 1.165) is 44.1 Å². The summed E-state index contributed by atoms with van der Waals surface area (Å²) in [7, 11) is 0.